The van der Waals surface area contributed by atoms with Gasteiger partial charge in [-0.25, -0.2) is 0 Å². The smallest absolute Gasteiger partial charge is 0.248 e. The number of aromatic amines is 1. The predicted octanol–water partition coefficient (Wildman–Crippen LogP) is 3.15. The van der Waals surface area contributed by atoms with Crippen molar-refractivity contribution in [2.45, 2.75) is 37.8 Å². The summed E-state index contributed by atoms with van der Waals surface area (Å²) in [5.74, 6) is 0.743. The molecule has 1 aliphatic rings. The molecule has 0 spiro atoms. The molecule has 5 nitrogen and oxygen atoms in total. The van der Waals surface area contributed by atoms with Gasteiger partial charge in [0.2, 0.25) is 5.56 Å². The molecule has 1 heterocycles. The first kappa shape index (κ1) is 17.8. The van der Waals surface area contributed by atoms with Gasteiger partial charge in [-0.3, -0.25) is 4.79 Å². The van der Waals surface area contributed by atoms with Gasteiger partial charge in [0.15, 0.2) is 0 Å². The number of aromatic hydroxyl groups is 1. The molecule has 0 bridgehead atoms. The second-order valence-corrected chi connectivity index (χ2v) is 7.44. The third kappa shape index (κ3) is 3.03. The Balaban J connectivity index is 1.56. The first-order chi connectivity index (χ1) is 13.0. The lowest BCUT2D eigenvalue weighted by atomic mass is 9.96. The number of rotatable bonds is 4. The van der Waals surface area contributed by atoms with E-state index in [4.69, 9.17) is 0 Å². The molecule has 0 radical (unpaired) electrons. The summed E-state index contributed by atoms with van der Waals surface area (Å²) >= 11 is 0. The summed E-state index contributed by atoms with van der Waals surface area (Å²) < 4.78 is 0. The molecular weight excluding hydrogens is 340 g/mol. The van der Waals surface area contributed by atoms with Gasteiger partial charge in [-0.1, -0.05) is 44.2 Å². The van der Waals surface area contributed by atoms with Gasteiger partial charge in [-0.15, -0.1) is 0 Å². The number of aliphatic hydroxyl groups is 1. The topological polar surface area (TPSA) is 85.3 Å². The SMILES string of the molecule is C[C@@H]1c2ccccc2[C@H](C)[C@H]1NC[C@H](O)c1ccc(O)c2[nH]c(=O)ccc12. The number of aromatic nitrogens is 1. The van der Waals surface area contributed by atoms with Crippen molar-refractivity contribution < 1.29 is 10.2 Å². The maximum absolute atomic E-state index is 11.6. The number of pyridine rings is 1. The van der Waals surface area contributed by atoms with Crippen molar-refractivity contribution in [3.05, 3.63) is 75.6 Å². The number of benzene rings is 2. The molecule has 2 aromatic carbocycles. The van der Waals surface area contributed by atoms with Crippen LogP contribution in [0.5, 0.6) is 5.75 Å². The van der Waals surface area contributed by atoms with Crippen LogP contribution in [0.2, 0.25) is 0 Å². The first-order valence-corrected chi connectivity index (χ1v) is 9.32. The maximum Gasteiger partial charge on any atom is 0.248 e. The Morgan fingerprint density at radius 2 is 1.70 bits per heavy atom. The van der Waals surface area contributed by atoms with Crippen molar-refractivity contribution in [3.63, 3.8) is 0 Å². The van der Waals surface area contributed by atoms with Gasteiger partial charge >= 0.3 is 0 Å². The summed E-state index contributed by atoms with van der Waals surface area (Å²) in [4.78, 5) is 14.2. The fourth-order valence-electron chi connectivity index (χ4n) is 4.42. The third-order valence-electron chi connectivity index (χ3n) is 5.87. The molecule has 0 unspecified atom stereocenters. The molecule has 1 aliphatic carbocycles. The van der Waals surface area contributed by atoms with Crippen molar-refractivity contribution in [3.8, 4) is 5.75 Å². The molecule has 4 N–H and O–H groups in total. The predicted molar refractivity (Wildman–Crippen MR) is 106 cm³/mol. The van der Waals surface area contributed by atoms with Gasteiger partial charge in [-0.05, 0) is 40.7 Å². The zero-order valence-corrected chi connectivity index (χ0v) is 15.4. The zero-order chi connectivity index (χ0) is 19.1. The van der Waals surface area contributed by atoms with Gasteiger partial charge in [0.05, 0.1) is 11.6 Å². The Morgan fingerprint density at radius 1 is 1.04 bits per heavy atom. The highest BCUT2D eigenvalue weighted by Crippen LogP contribution is 2.41. The summed E-state index contributed by atoms with van der Waals surface area (Å²) in [7, 11) is 0. The van der Waals surface area contributed by atoms with E-state index in [1.807, 2.05) is 0 Å². The largest absolute Gasteiger partial charge is 0.506 e. The fraction of sp³-hybridized carbons (Fsp3) is 0.318. The quantitative estimate of drug-likeness (QED) is 0.573. The van der Waals surface area contributed by atoms with Crippen LogP contribution >= 0.6 is 0 Å². The van der Waals surface area contributed by atoms with E-state index in [0.717, 1.165) is 0 Å². The van der Waals surface area contributed by atoms with Gasteiger partial charge in [-0.2, -0.15) is 0 Å². The van der Waals surface area contributed by atoms with Gasteiger partial charge in [0.1, 0.15) is 5.75 Å². The van der Waals surface area contributed by atoms with Crippen LogP contribution in [0.4, 0.5) is 0 Å². The molecule has 4 rings (SSSR count). The van der Waals surface area contributed by atoms with Gasteiger partial charge < -0.3 is 20.5 Å². The first-order valence-electron chi connectivity index (χ1n) is 9.32. The van der Waals surface area contributed by atoms with E-state index >= 15 is 0 Å². The van der Waals surface area contributed by atoms with E-state index in [0.29, 0.717) is 34.8 Å². The molecule has 1 aromatic heterocycles. The van der Waals surface area contributed by atoms with E-state index in [-0.39, 0.29) is 17.4 Å². The number of H-pyrrole nitrogens is 1. The maximum atomic E-state index is 11.6. The Labute approximate surface area is 157 Å². The number of phenolic OH excluding ortho intramolecular Hbond substituents is 1. The highest BCUT2D eigenvalue weighted by Gasteiger charge is 2.35. The molecule has 0 saturated carbocycles. The molecule has 0 fully saturated rings. The number of hydrogen-bond donors (Lipinski definition) is 4. The minimum atomic E-state index is -0.748. The lowest BCUT2D eigenvalue weighted by molar-refractivity contribution is 0.168. The summed E-state index contributed by atoms with van der Waals surface area (Å²) in [6.07, 6.45) is -0.748. The average molecular weight is 364 g/mol. The van der Waals surface area contributed by atoms with Crippen molar-refractivity contribution in [1.29, 1.82) is 0 Å². The summed E-state index contributed by atoms with van der Waals surface area (Å²) in [6, 6.07) is 15.0. The van der Waals surface area contributed by atoms with E-state index in [9.17, 15) is 15.0 Å². The number of aliphatic hydroxyl groups excluding tert-OH is 1. The highest BCUT2D eigenvalue weighted by molar-refractivity contribution is 5.87. The van der Waals surface area contributed by atoms with Crippen LogP contribution in [0.3, 0.4) is 0 Å². The number of hydrogen-bond acceptors (Lipinski definition) is 4. The van der Waals surface area contributed by atoms with E-state index < -0.39 is 6.10 Å². The lowest BCUT2D eigenvalue weighted by Gasteiger charge is -2.24. The van der Waals surface area contributed by atoms with Crippen molar-refractivity contribution in [1.82, 2.24) is 10.3 Å². The zero-order valence-electron chi connectivity index (χ0n) is 15.4. The van der Waals surface area contributed by atoms with Crippen LogP contribution in [0.1, 0.15) is 48.5 Å². The van der Waals surface area contributed by atoms with E-state index in [1.54, 1.807) is 12.1 Å². The Hall–Kier alpha value is -2.63. The monoisotopic (exact) mass is 364 g/mol. The van der Waals surface area contributed by atoms with Gasteiger partial charge in [0, 0.05) is 24.0 Å². The molecule has 0 aliphatic heterocycles. The minimum absolute atomic E-state index is 0.0000890. The van der Waals surface area contributed by atoms with Crippen molar-refractivity contribution >= 4 is 10.9 Å². The van der Waals surface area contributed by atoms with Gasteiger partial charge in [0.25, 0.3) is 0 Å². The van der Waals surface area contributed by atoms with E-state index in [2.05, 4.69) is 48.4 Å². The average Bonchev–Trinajstić information content (AvgIpc) is 2.91. The molecule has 0 saturated heterocycles. The minimum Gasteiger partial charge on any atom is -0.506 e. The lowest BCUT2D eigenvalue weighted by Crippen LogP contribution is -2.36. The summed E-state index contributed by atoms with van der Waals surface area (Å²) in [6.45, 7) is 4.83. The van der Waals surface area contributed by atoms with Crippen molar-refractivity contribution in [2.24, 2.45) is 0 Å². The van der Waals surface area contributed by atoms with Crippen LogP contribution < -0.4 is 10.9 Å². The highest BCUT2D eigenvalue weighted by atomic mass is 16.3. The van der Waals surface area contributed by atoms with Crippen LogP contribution in [0.15, 0.2) is 53.3 Å². The normalized spacial score (nSPS) is 22.7. The number of nitrogens with one attached hydrogen (secondary N) is 2. The molecule has 5 heteroatoms. The van der Waals surface area contributed by atoms with Crippen LogP contribution in [-0.2, 0) is 0 Å². The molecule has 0 amide bonds. The van der Waals surface area contributed by atoms with E-state index in [1.165, 1.54) is 23.3 Å². The Bertz CT molecular complexity index is 1010. The standard InChI is InChI=1S/C22H24N2O3/c1-12-14-5-3-4-6-15(14)13(2)21(12)23-11-19(26)16-7-9-18(25)22-17(16)8-10-20(27)24-22/h3-10,12-13,19,21,23,25-26H,11H2,1-2H3,(H,24,27)/t12-,13+,19-,21+/m0/s1. The molecular formula is C22H24N2O3. The molecule has 140 valence electrons. The number of fused-ring (bicyclic) bond motifs is 2. The summed E-state index contributed by atoms with van der Waals surface area (Å²) in [5.41, 5.74) is 3.49. The van der Waals surface area contributed by atoms with Crippen LogP contribution in [0.25, 0.3) is 10.9 Å². The third-order valence-corrected chi connectivity index (χ3v) is 5.87. The Kier molecular flexibility index (Phi) is 4.50. The molecule has 27 heavy (non-hydrogen) atoms. The molecule has 4 atom stereocenters. The second-order valence-electron chi connectivity index (χ2n) is 7.44. The summed E-state index contributed by atoms with van der Waals surface area (Å²) in [5, 5.41) is 25.0. The molecule has 3 aromatic rings. The Morgan fingerprint density at radius 3 is 2.37 bits per heavy atom. The second kappa shape index (κ2) is 6.83. The fourth-order valence-corrected chi connectivity index (χ4v) is 4.42. The van der Waals surface area contributed by atoms with Crippen LogP contribution in [0, 0.1) is 0 Å². The van der Waals surface area contributed by atoms with Crippen molar-refractivity contribution in [2.75, 3.05) is 6.54 Å². The van der Waals surface area contributed by atoms with Crippen LogP contribution in [-0.4, -0.2) is 27.8 Å². The number of phenols is 1.